The van der Waals surface area contributed by atoms with Crippen molar-refractivity contribution in [3.8, 4) is 0 Å². The van der Waals surface area contributed by atoms with Gasteiger partial charge in [0.05, 0.1) is 17.3 Å². The monoisotopic (exact) mass is 307 g/mol. The van der Waals surface area contributed by atoms with E-state index in [4.69, 9.17) is 0 Å². The van der Waals surface area contributed by atoms with Gasteiger partial charge in [-0.05, 0) is 29.3 Å². The van der Waals surface area contributed by atoms with E-state index < -0.39 is 5.97 Å². The molecule has 0 saturated carbocycles. The van der Waals surface area contributed by atoms with Gasteiger partial charge < -0.3 is 10.4 Å². The van der Waals surface area contributed by atoms with E-state index in [0.29, 0.717) is 11.3 Å². The van der Waals surface area contributed by atoms with Crippen LogP contribution in [0, 0.1) is 0 Å². The molecule has 1 unspecified atom stereocenters. The molecule has 0 bridgehead atoms. The molecule has 2 aromatic carbocycles. The molecule has 3 N–H and O–H groups in total. The first-order valence-corrected chi connectivity index (χ1v) is 7.22. The second-order valence-electron chi connectivity index (χ2n) is 5.59. The van der Waals surface area contributed by atoms with Crippen LogP contribution in [0.4, 0.5) is 5.69 Å². The second-order valence-corrected chi connectivity index (χ2v) is 5.59. The molecule has 0 fully saturated rings. The Morgan fingerprint density at radius 3 is 2.87 bits per heavy atom. The van der Waals surface area contributed by atoms with Gasteiger partial charge in [0.15, 0.2) is 0 Å². The number of aromatic amines is 1. The number of aromatic nitrogens is 2. The van der Waals surface area contributed by atoms with Crippen molar-refractivity contribution in [1.82, 2.24) is 10.2 Å². The van der Waals surface area contributed by atoms with Gasteiger partial charge in [0.25, 0.3) is 0 Å². The number of benzene rings is 2. The number of carbonyl (C=O) groups is 2. The van der Waals surface area contributed by atoms with Crippen molar-refractivity contribution in [1.29, 1.82) is 0 Å². The molecule has 114 valence electrons. The number of carboxylic acid groups (broad SMARTS) is 1. The van der Waals surface area contributed by atoms with Crippen LogP contribution >= 0.6 is 0 Å². The fourth-order valence-corrected chi connectivity index (χ4v) is 3.18. The summed E-state index contributed by atoms with van der Waals surface area (Å²) in [7, 11) is 0. The molecule has 0 aliphatic carbocycles. The van der Waals surface area contributed by atoms with E-state index in [2.05, 4.69) is 15.5 Å². The molecule has 2 heterocycles. The molecule has 1 aliphatic rings. The molecule has 1 atom stereocenters. The molecule has 6 heteroatoms. The van der Waals surface area contributed by atoms with Crippen molar-refractivity contribution in [2.24, 2.45) is 0 Å². The lowest BCUT2D eigenvalue weighted by molar-refractivity contribution is -0.116. The molecular formula is C17H13N3O3. The zero-order valence-electron chi connectivity index (χ0n) is 12.0. The largest absolute Gasteiger partial charge is 0.478 e. The van der Waals surface area contributed by atoms with Crippen molar-refractivity contribution in [3.63, 3.8) is 0 Å². The van der Waals surface area contributed by atoms with E-state index in [-0.39, 0.29) is 23.8 Å². The van der Waals surface area contributed by atoms with Crippen LogP contribution in [-0.4, -0.2) is 27.2 Å². The number of anilines is 1. The highest BCUT2D eigenvalue weighted by Crippen LogP contribution is 2.40. The normalized spacial score (nSPS) is 16.9. The molecule has 3 aromatic rings. The van der Waals surface area contributed by atoms with Gasteiger partial charge in [-0.25, -0.2) is 4.79 Å². The first-order valence-electron chi connectivity index (χ1n) is 7.22. The fraction of sp³-hybridized carbons (Fsp3) is 0.118. The van der Waals surface area contributed by atoms with Gasteiger partial charge in [-0.1, -0.05) is 18.2 Å². The van der Waals surface area contributed by atoms with Gasteiger partial charge in [0.1, 0.15) is 0 Å². The maximum Gasteiger partial charge on any atom is 0.335 e. The number of nitrogens with zero attached hydrogens (tertiary/aromatic N) is 1. The SMILES string of the molecule is O=C1CC(c2ccccc2C(=O)O)c2cc3cn[nH]c3cc2N1. The van der Waals surface area contributed by atoms with Gasteiger partial charge >= 0.3 is 5.97 Å². The van der Waals surface area contributed by atoms with E-state index in [0.717, 1.165) is 16.5 Å². The summed E-state index contributed by atoms with van der Waals surface area (Å²) in [4.78, 5) is 23.6. The van der Waals surface area contributed by atoms with Crippen LogP contribution in [0.5, 0.6) is 0 Å². The van der Waals surface area contributed by atoms with Crippen molar-refractivity contribution in [3.05, 3.63) is 59.3 Å². The van der Waals surface area contributed by atoms with Crippen LogP contribution in [0.3, 0.4) is 0 Å². The van der Waals surface area contributed by atoms with Crippen molar-refractivity contribution in [2.45, 2.75) is 12.3 Å². The summed E-state index contributed by atoms with van der Waals surface area (Å²) in [5, 5.41) is 20.1. The van der Waals surface area contributed by atoms with Crippen LogP contribution in [0.25, 0.3) is 10.9 Å². The highest BCUT2D eigenvalue weighted by Gasteiger charge is 2.29. The quantitative estimate of drug-likeness (QED) is 0.678. The highest BCUT2D eigenvalue weighted by molar-refractivity contribution is 5.99. The number of hydrogen-bond acceptors (Lipinski definition) is 3. The Morgan fingerprint density at radius 1 is 1.22 bits per heavy atom. The van der Waals surface area contributed by atoms with Crippen LogP contribution in [-0.2, 0) is 4.79 Å². The zero-order chi connectivity index (χ0) is 16.0. The number of nitrogens with one attached hydrogen (secondary N) is 2. The number of rotatable bonds is 2. The first-order chi connectivity index (χ1) is 11.1. The lowest BCUT2D eigenvalue weighted by Gasteiger charge is -2.27. The number of H-pyrrole nitrogens is 1. The van der Waals surface area contributed by atoms with Crippen molar-refractivity contribution < 1.29 is 14.7 Å². The van der Waals surface area contributed by atoms with E-state index >= 15 is 0 Å². The smallest absolute Gasteiger partial charge is 0.335 e. The summed E-state index contributed by atoms with van der Waals surface area (Å²) < 4.78 is 0. The van der Waals surface area contributed by atoms with Gasteiger partial charge in [-0.15, -0.1) is 0 Å². The minimum absolute atomic E-state index is 0.124. The number of fused-ring (bicyclic) bond motifs is 2. The van der Waals surface area contributed by atoms with Crippen molar-refractivity contribution >= 4 is 28.5 Å². The summed E-state index contributed by atoms with van der Waals surface area (Å²) in [5.41, 5.74) is 3.32. The third kappa shape index (κ3) is 2.15. The number of hydrogen-bond donors (Lipinski definition) is 3. The summed E-state index contributed by atoms with van der Waals surface area (Å²) in [6, 6.07) is 10.6. The molecule has 0 saturated heterocycles. The molecule has 0 spiro atoms. The highest BCUT2D eigenvalue weighted by atomic mass is 16.4. The Labute approximate surface area is 131 Å². The van der Waals surface area contributed by atoms with Gasteiger partial charge in [0, 0.05) is 23.4 Å². The molecule has 1 aromatic heterocycles. The maximum atomic E-state index is 12.1. The van der Waals surface area contributed by atoms with Crippen LogP contribution in [0.2, 0.25) is 0 Å². The van der Waals surface area contributed by atoms with Gasteiger partial charge in [0.2, 0.25) is 5.91 Å². The predicted octanol–water partition coefficient (Wildman–Crippen LogP) is 2.74. The van der Waals surface area contributed by atoms with Gasteiger partial charge in [-0.2, -0.15) is 5.10 Å². The topological polar surface area (TPSA) is 95.1 Å². The average Bonchev–Trinajstić information content (AvgIpc) is 2.99. The Balaban J connectivity index is 1.94. The average molecular weight is 307 g/mol. The van der Waals surface area contributed by atoms with Crippen LogP contribution in [0.1, 0.15) is 33.8 Å². The van der Waals surface area contributed by atoms with Crippen LogP contribution < -0.4 is 5.32 Å². The Kier molecular flexibility index (Phi) is 2.90. The number of amides is 1. The molecule has 1 amide bonds. The molecular weight excluding hydrogens is 294 g/mol. The summed E-state index contributed by atoms with van der Waals surface area (Å²) in [6.45, 7) is 0. The summed E-state index contributed by atoms with van der Waals surface area (Å²) in [5.74, 6) is -1.40. The lowest BCUT2D eigenvalue weighted by Crippen LogP contribution is -2.24. The summed E-state index contributed by atoms with van der Waals surface area (Å²) >= 11 is 0. The molecule has 0 radical (unpaired) electrons. The predicted molar refractivity (Wildman–Crippen MR) is 84.6 cm³/mol. The third-order valence-corrected chi connectivity index (χ3v) is 4.22. The molecule has 1 aliphatic heterocycles. The Morgan fingerprint density at radius 2 is 2.04 bits per heavy atom. The first kappa shape index (κ1) is 13.5. The standard InChI is InChI=1S/C17H13N3O3/c21-16-6-12(10-3-1-2-4-11(10)17(22)23)13-5-9-8-18-20-14(9)7-15(13)19-16/h1-5,7-8,12H,6H2,(H,18,20)(H,19,21)(H,22,23). The molecule has 23 heavy (non-hydrogen) atoms. The Hall–Kier alpha value is -3.15. The number of carboxylic acids is 1. The van der Waals surface area contributed by atoms with E-state index in [1.165, 1.54) is 0 Å². The lowest BCUT2D eigenvalue weighted by atomic mass is 9.82. The molecule has 6 nitrogen and oxygen atoms in total. The number of carbonyl (C=O) groups excluding carboxylic acids is 1. The summed E-state index contributed by atoms with van der Waals surface area (Å²) in [6.07, 6.45) is 1.94. The number of aromatic carboxylic acids is 1. The minimum Gasteiger partial charge on any atom is -0.478 e. The van der Waals surface area contributed by atoms with Gasteiger partial charge in [-0.3, -0.25) is 9.89 Å². The fourth-order valence-electron chi connectivity index (χ4n) is 3.18. The zero-order valence-corrected chi connectivity index (χ0v) is 12.0. The minimum atomic E-state index is -0.988. The Bertz CT molecular complexity index is 945. The third-order valence-electron chi connectivity index (χ3n) is 4.22. The maximum absolute atomic E-state index is 12.1. The van der Waals surface area contributed by atoms with Crippen LogP contribution in [0.15, 0.2) is 42.6 Å². The molecule has 4 rings (SSSR count). The second kappa shape index (κ2) is 4.95. The van der Waals surface area contributed by atoms with E-state index in [1.807, 2.05) is 12.1 Å². The van der Waals surface area contributed by atoms with E-state index in [9.17, 15) is 14.7 Å². The van der Waals surface area contributed by atoms with Crippen molar-refractivity contribution in [2.75, 3.05) is 5.32 Å². The van der Waals surface area contributed by atoms with E-state index in [1.54, 1.807) is 30.5 Å².